The third kappa shape index (κ3) is 7.84. The summed E-state index contributed by atoms with van der Waals surface area (Å²) in [5.41, 5.74) is -0.120. The standard InChI is InChI=1S/C13H19F3N4O2S/c1-2-18-12(19-7-8-23(17,21)22)20-9-10-3-5-11(6-4-10)13(14,15)16/h3-6H,2,7-9H2,1H3,(H2,17,21,22)(H2,18,19,20). The Morgan fingerprint density at radius 1 is 1.22 bits per heavy atom. The van der Waals surface area contributed by atoms with Crippen LogP contribution in [-0.2, 0) is 22.7 Å². The van der Waals surface area contributed by atoms with Crippen LogP contribution in [0.2, 0.25) is 0 Å². The van der Waals surface area contributed by atoms with Gasteiger partial charge in [-0.3, -0.25) is 0 Å². The van der Waals surface area contributed by atoms with Gasteiger partial charge in [-0.1, -0.05) is 12.1 Å². The van der Waals surface area contributed by atoms with E-state index >= 15 is 0 Å². The van der Waals surface area contributed by atoms with Crippen LogP contribution >= 0.6 is 0 Å². The lowest BCUT2D eigenvalue weighted by atomic mass is 10.1. The van der Waals surface area contributed by atoms with E-state index in [1.807, 2.05) is 6.92 Å². The Balaban J connectivity index is 2.66. The Kier molecular flexibility index (Phi) is 6.82. The van der Waals surface area contributed by atoms with Crippen LogP contribution in [0.3, 0.4) is 0 Å². The average Bonchev–Trinajstić information content (AvgIpc) is 2.43. The first-order valence-electron chi connectivity index (χ1n) is 6.80. The van der Waals surface area contributed by atoms with E-state index in [0.29, 0.717) is 18.1 Å². The number of nitrogens with one attached hydrogen (secondary N) is 2. The Labute approximate surface area is 133 Å². The molecule has 0 radical (unpaired) electrons. The molecule has 0 saturated heterocycles. The molecule has 23 heavy (non-hydrogen) atoms. The molecule has 0 atom stereocenters. The molecule has 0 aliphatic rings. The second kappa shape index (κ2) is 8.16. The van der Waals surface area contributed by atoms with E-state index in [9.17, 15) is 21.6 Å². The smallest absolute Gasteiger partial charge is 0.357 e. The zero-order valence-electron chi connectivity index (χ0n) is 12.5. The molecule has 0 spiro atoms. The molecule has 1 aromatic carbocycles. The van der Waals surface area contributed by atoms with Crippen LogP contribution in [0.25, 0.3) is 0 Å². The molecule has 0 aliphatic carbocycles. The largest absolute Gasteiger partial charge is 0.416 e. The molecule has 1 rings (SSSR count). The second-order valence-electron chi connectivity index (χ2n) is 4.68. The number of primary sulfonamides is 1. The zero-order chi connectivity index (χ0) is 17.5. The fraction of sp³-hybridized carbons (Fsp3) is 0.462. The molecule has 0 bridgehead atoms. The number of nitrogens with two attached hydrogens (primary N) is 1. The van der Waals surface area contributed by atoms with Crippen LogP contribution < -0.4 is 15.8 Å². The SMILES string of the molecule is CCNC(=NCc1ccc(C(F)(F)F)cc1)NCCS(N)(=O)=O. The first kappa shape index (κ1) is 19.2. The third-order valence-corrected chi connectivity index (χ3v) is 3.50. The Morgan fingerprint density at radius 3 is 2.30 bits per heavy atom. The van der Waals surface area contributed by atoms with Crippen molar-refractivity contribution in [3.8, 4) is 0 Å². The minimum atomic E-state index is -4.37. The second-order valence-corrected chi connectivity index (χ2v) is 6.42. The number of guanidine groups is 1. The molecule has 0 aliphatic heterocycles. The summed E-state index contributed by atoms with van der Waals surface area (Å²) >= 11 is 0. The van der Waals surface area contributed by atoms with Crippen LogP contribution in [0.5, 0.6) is 0 Å². The van der Waals surface area contributed by atoms with Gasteiger partial charge in [-0.15, -0.1) is 0 Å². The monoisotopic (exact) mass is 352 g/mol. The maximum absolute atomic E-state index is 12.5. The van der Waals surface area contributed by atoms with Crippen molar-refractivity contribution < 1.29 is 21.6 Å². The molecule has 0 saturated carbocycles. The number of halogens is 3. The number of sulfonamides is 1. The number of nitrogens with zero attached hydrogens (tertiary/aromatic N) is 1. The van der Waals surface area contributed by atoms with E-state index in [-0.39, 0.29) is 18.8 Å². The summed E-state index contributed by atoms with van der Waals surface area (Å²) in [6.45, 7) is 2.61. The molecule has 10 heteroatoms. The number of hydrogen-bond acceptors (Lipinski definition) is 3. The van der Waals surface area contributed by atoms with E-state index in [0.717, 1.165) is 12.1 Å². The molecule has 0 heterocycles. The Bertz CT molecular complexity index is 628. The fourth-order valence-electron chi connectivity index (χ4n) is 1.62. The lowest BCUT2D eigenvalue weighted by Gasteiger charge is -2.11. The quantitative estimate of drug-likeness (QED) is 0.527. The highest BCUT2D eigenvalue weighted by atomic mass is 32.2. The molecule has 0 fully saturated rings. The van der Waals surface area contributed by atoms with E-state index in [4.69, 9.17) is 5.14 Å². The van der Waals surface area contributed by atoms with Gasteiger partial charge in [0.1, 0.15) is 0 Å². The van der Waals surface area contributed by atoms with Crippen molar-refractivity contribution in [1.29, 1.82) is 0 Å². The van der Waals surface area contributed by atoms with Gasteiger partial charge in [-0.25, -0.2) is 18.5 Å². The first-order chi connectivity index (χ1) is 10.6. The van der Waals surface area contributed by atoms with Crippen molar-refractivity contribution >= 4 is 16.0 Å². The highest BCUT2D eigenvalue weighted by molar-refractivity contribution is 7.89. The van der Waals surface area contributed by atoms with Crippen molar-refractivity contribution in [2.45, 2.75) is 19.6 Å². The van der Waals surface area contributed by atoms with Crippen LogP contribution in [-0.4, -0.2) is 33.2 Å². The zero-order valence-corrected chi connectivity index (χ0v) is 13.3. The molecule has 1 aromatic rings. The highest BCUT2D eigenvalue weighted by Gasteiger charge is 2.29. The van der Waals surface area contributed by atoms with Gasteiger partial charge in [0, 0.05) is 13.1 Å². The predicted molar refractivity (Wildman–Crippen MR) is 82.2 cm³/mol. The summed E-state index contributed by atoms with van der Waals surface area (Å²) in [5.74, 6) is 0.105. The molecule has 0 aromatic heterocycles. The Hall–Kier alpha value is -1.81. The van der Waals surface area contributed by atoms with Gasteiger partial charge < -0.3 is 10.6 Å². The highest BCUT2D eigenvalue weighted by Crippen LogP contribution is 2.29. The fourth-order valence-corrected chi connectivity index (χ4v) is 2.01. The summed E-state index contributed by atoms with van der Waals surface area (Å²) in [6, 6.07) is 4.68. The van der Waals surface area contributed by atoms with E-state index in [2.05, 4.69) is 15.6 Å². The van der Waals surface area contributed by atoms with Gasteiger partial charge in [-0.2, -0.15) is 13.2 Å². The van der Waals surface area contributed by atoms with Crippen LogP contribution in [0.15, 0.2) is 29.3 Å². The first-order valence-corrected chi connectivity index (χ1v) is 8.52. The molecule has 4 N–H and O–H groups in total. The van der Waals surface area contributed by atoms with Crippen molar-refractivity contribution in [2.24, 2.45) is 10.1 Å². The lowest BCUT2D eigenvalue weighted by molar-refractivity contribution is -0.137. The van der Waals surface area contributed by atoms with Gasteiger partial charge in [0.2, 0.25) is 10.0 Å². The van der Waals surface area contributed by atoms with Gasteiger partial charge in [0.25, 0.3) is 0 Å². The maximum Gasteiger partial charge on any atom is 0.416 e. The molecule has 0 amide bonds. The van der Waals surface area contributed by atoms with Gasteiger partial charge in [0.15, 0.2) is 5.96 Å². The molecule has 0 unspecified atom stereocenters. The van der Waals surface area contributed by atoms with Gasteiger partial charge in [0.05, 0.1) is 17.9 Å². The number of benzene rings is 1. The topological polar surface area (TPSA) is 96.6 Å². The Morgan fingerprint density at radius 2 is 1.83 bits per heavy atom. The van der Waals surface area contributed by atoms with E-state index in [1.165, 1.54) is 12.1 Å². The summed E-state index contributed by atoms with van der Waals surface area (Å²) in [5, 5.41) is 10.6. The van der Waals surface area contributed by atoms with Gasteiger partial charge in [-0.05, 0) is 24.6 Å². The summed E-state index contributed by atoms with van der Waals surface area (Å²) in [7, 11) is -3.57. The molecular weight excluding hydrogens is 333 g/mol. The van der Waals surface area contributed by atoms with Crippen molar-refractivity contribution in [3.05, 3.63) is 35.4 Å². The van der Waals surface area contributed by atoms with Gasteiger partial charge >= 0.3 is 6.18 Å². The number of rotatable bonds is 6. The number of hydrogen-bond donors (Lipinski definition) is 3. The van der Waals surface area contributed by atoms with E-state index < -0.39 is 21.8 Å². The minimum absolute atomic E-state index is 0.0810. The lowest BCUT2D eigenvalue weighted by Crippen LogP contribution is -2.40. The van der Waals surface area contributed by atoms with E-state index in [1.54, 1.807) is 0 Å². The van der Waals surface area contributed by atoms with Crippen molar-refractivity contribution in [3.63, 3.8) is 0 Å². The number of alkyl halides is 3. The summed E-state index contributed by atoms with van der Waals surface area (Å²) < 4.78 is 59.1. The van der Waals surface area contributed by atoms with Crippen LogP contribution in [0.4, 0.5) is 13.2 Å². The van der Waals surface area contributed by atoms with Crippen molar-refractivity contribution in [1.82, 2.24) is 10.6 Å². The summed E-state index contributed by atoms with van der Waals surface area (Å²) in [4.78, 5) is 4.17. The predicted octanol–water partition coefficient (Wildman–Crippen LogP) is 1.05. The summed E-state index contributed by atoms with van der Waals surface area (Å²) in [6.07, 6.45) is -4.37. The molecule has 130 valence electrons. The maximum atomic E-state index is 12.5. The third-order valence-electron chi connectivity index (χ3n) is 2.72. The normalized spacial score (nSPS) is 13.0. The van der Waals surface area contributed by atoms with Crippen LogP contribution in [0, 0.1) is 0 Å². The van der Waals surface area contributed by atoms with Crippen LogP contribution in [0.1, 0.15) is 18.1 Å². The molecule has 6 nitrogen and oxygen atoms in total. The minimum Gasteiger partial charge on any atom is -0.357 e. The van der Waals surface area contributed by atoms with Crippen molar-refractivity contribution in [2.75, 3.05) is 18.8 Å². The average molecular weight is 352 g/mol. The number of aliphatic imine (C=N–C) groups is 1. The molecular formula is C13H19F3N4O2S.